The van der Waals surface area contributed by atoms with Crippen LogP contribution in [0, 0.1) is 25.7 Å². The first-order valence-corrected chi connectivity index (χ1v) is 10.3. The summed E-state index contributed by atoms with van der Waals surface area (Å²) < 4.78 is 1.56. The van der Waals surface area contributed by atoms with Crippen LogP contribution in [0.25, 0.3) is 0 Å². The van der Waals surface area contributed by atoms with Gasteiger partial charge in [0.25, 0.3) is 5.56 Å². The first-order chi connectivity index (χ1) is 13.8. The van der Waals surface area contributed by atoms with Crippen molar-refractivity contribution in [3.8, 4) is 11.8 Å². The number of hydrogen-bond donors (Lipinski definition) is 1. The van der Waals surface area contributed by atoms with Gasteiger partial charge in [-0.1, -0.05) is 61.7 Å². The summed E-state index contributed by atoms with van der Waals surface area (Å²) in [5.41, 5.74) is 3.01. The van der Waals surface area contributed by atoms with Crippen molar-refractivity contribution in [2.75, 3.05) is 0 Å². The van der Waals surface area contributed by atoms with Crippen molar-refractivity contribution in [3.05, 3.63) is 91.6 Å². The van der Waals surface area contributed by atoms with E-state index < -0.39 is 5.69 Å². The van der Waals surface area contributed by atoms with Crippen LogP contribution in [0.3, 0.4) is 0 Å². The molecule has 0 atom stereocenters. The molecule has 1 aromatic heterocycles. The van der Waals surface area contributed by atoms with Gasteiger partial charge in [0.15, 0.2) is 0 Å². The van der Waals surface area contributed by atoms with Crippen molar-refractivity contribution in [2.24, 2.45) is 0 Å². The molecule has 148 valence electrons. The molecule has 3 rings (SSSR count). The van der Waals surface area contributed by atoms with Crippen molar-refractivity contribution in [2.45, 2.75) is 50.1 Å². The molecule has 29 heavy (non-hydrogen) atoms. The number of H-pyrrole nitrogens is 1. The van der Waals surface area contributed by atoms with E-state index in [2.05, 4.69) is 35.0 Å². The van der Waals surface area contributed by atoms with Crippen molar-refractivity contribution in [3.63, 3.8) is 0 Å². The molecule has 0 saturated carbocycles. The van der Waals surface area contributed by atoms with E-state index in [9.17, 15) is 9.59 Å². The van der Waals surface area contributed by atoms with E-state index in [1.807, 2.05) is 58.0 Å². The summed E-state index contributed by atoms with van der Waals surface area (Å²) in [4.78, 5) is 28.6. The van der Waals surface area contributed by atoms with Gasteiger partial charge in [-0.05, 0) is 55.2 Å². The van der Waals surface area contributed by atoms with E-state index in [0.717, 1.165) is 21.6 Å². The van der Waals surface area contributed by atoms with Crippen LogP contribution in [0.5, 0.6) is 0 Å². The summed E-state index contributed by atoms with van der Waals surface area (Å²) in [7, 11) is 0. The van der Waals surface area contributed by atoms with Crippen LogP contribution in [0.4, 0.5) is 0 Å². The molecule has 0 spiro atoms. The topological polar surface area (TPSA) is 54.9 Å². The zero-order valence-electron chi connectivity index (χ0n) is 17.1. The molecule has 1 N–H and O–H groups in total. The average Bonchev–Trinajstić information content (AvgIpc) is 2.63. The summed E-state index contributed by atoms with van der Waals surface area (Å²) >= 11 is 1.45. The highest BCUT2D eigenvalue weighted by Crippen LogP contribution is 2.32. The van der Waals surface area contributed by atoms with E-state index in [4.69, 9.17) is 0 Å². The number of nitrogens with one attached hydrogen (secondary N) is 1. The molecule has 0 radical (unpaired) electrons. The molecule has 0 saturated heterocycles. The van der Waals surface area contributed by atoms with Gasteiger partial charge in [-0.3, -0.25) is 14.3 Å². The first-order valence-electron chi connectivity index (χ1n) is 9.52. The molecule has 0 aliphatic heterocycles. The zero-order chi connectivity index (χ0) is 21.0. The molecule has 5 heteroatoms. The Morgan fingerprint density at radius 1 is 1.03 bits per heavy atom. The average molecular weight is 405 g/mol. The van der Waals surface area contributed by atoms with Crippen LogP contribution < -0.4 is 11.2 Å². The van der Waals surface area contributed by atoms with Gasteiger partial charge in [-0.15, -0.1) is 0 Å². The maximum absolute atomic E-state index is 12.6. The normalized spacial score (nSPS) is 10.7. The second-order valence-corrected chi connectivity index (χ2v) is 8.37. The lowest BCUT2D eigenvalue weighted by Crippen LogP contribution is -2.34. The van der Waals surface area contributed by atoms with Gasteiger partial charge >= 0.3 is 5.69 Å². The number of aromatic nitrogens is 2. The van der Waals surface area contributed by atoms with Gasteiger partial charge in [0.1, 0.15) is 0 Å². The predicted octanol–water partition coefficient (Wildman–Crippen LogP) is 4.48. The van der Waals surface area contributed by atoms with E-state index in [0.29, 0.717) is 10.6 Å². The molecule has 1 heterocycles. The molecular formula is C24H24N2O2S. The van der Waals surface area contributed by atoms with Crippen LogP contribution in [0.15, 0.2) is 68.0 Å². The molecule has 0 fully saturated rings. The van der Waals surface area contributed by atoms with E-state index >= 15 is 0 Å². The van der Waals surface area contributed by atoms with Crippen LogP contribution >= 0.6 is 11.8 Å². The van der Waals surface area contributed by atoms with E-state index in [1.54, 1.807) is 4.57 Å². The molecule has 0 amide bonds. The summed E-state index contributed by atoms with van der Waals surface area (Å²) in [6.07, 6.45) is 0. The molecule has 0 aliphatic rings. The Labute approximate surface area is 175 Å². The van der Waals surface area contributed by atoms with Crippen LogP contribution in [-0.2, 0) is 6.54 Å². The minimum atomic E-state index is -0.436. The third-order valence-corrected chi connectivity index (χ3v) is 5.52. The minimum Gasteiger partial charge on any atom is -0.276 e. The van der Waals surface area contributed by atoms with Gasteiger partial charge in [-0.2, -0.15) is 0 Å². The highest BCUT2D eigenvalue weighted by molar-refractivity contribution is 7.99. The number of aryl methyl sites for hydroxylation is 2. The fourth-order valence-electron chi connectivity index (χ4n) is 3.18. The van der Waals surface area contributed by atoms with Gasteiger partial charge in [0, 0.05) is 10.5 Å². The molecule has 3 aromatic rings. The number of nitrogens with zero attached hydrogens (tertiary/aromatic N) is 1. The highest BCUT2D eigenvalue weighted by Gasteiger charge is 2.18. The Bertz CT molecular complexity index is 1180. The number of aromatic amines is 1. The molecule has 2 aromatic carbocycles. The second-order valence-electron chi connectivity index (χ2n) is 7.31. The van der Waals surface area contributed by atoms with Crippen molar-refractivity contribution in [1.82, 2.24) is 9.55 Å². The Kier molecular flexibility index (Phi) is 6.46. The van der Waals surface area contributed by atoms with Crippen molar-refractivity contribution < 1.29 is 0 Å². The summed E-state index contributed by atoms with van der Waals surface area (Å²) in [6, 6.07) is 15.9. The zero-order valence-corrected chi connectivity index (χ0v) is 17.9. The smallest absolute Gasteiger partial charge is 0.276 e. The fourth-order valence-corrected chi connectivity index (χ4v) is 4.58. The highest BCUT2D eigenvalue weighted by atomic mass is 32.2. The Morgan fingerprint density at radius 2 is 1.69 bits per heavy atom. The van der Waals surface area contributed by atoms with Crippen LogP contribution in [0.1, 0.15) is 42.0 Å². The number of benzene rings is 2. The second kappa shape index (κ2) is 9.02. The molecule has 0 bridgehead atoms. The summed E-state index contributed by atoms with van der Waals surface area (Å²) in [6.45, 7) is 8.20. The Morgan fingerprint density at radius 3 is 2.31 bits per heavy atom. The summed E-state index contributed by atoms with van der Waals surface area (Å²) in [5.74, 6) is 6.13. The maximum Gasteiger partial charge on any atom is 0.330 e. The van der Waals surface area contributed by atoms with E-state index in [1.165, 1.54) is 11.8 Å². The van der Waals surface area contributed by atoms with E-state index in [-0.39, 0.29) is 18.0 Å². The third kappa shape index (κ3) is 5.10. The SMILES string of the molecule is Cc1cc(C)cc(Sc2c(C(C)C)c(=O)[nH]c(=O)n2CC#Cc2ccccc2)c1. The quantitative estimate of drug-likeness (QED) is 0.515. The lowest BCUT2D eigenvalue weighted by molar-refractivity contribution is 0.634. The van der Waals surface area contributed by atoms with Crippen LogP contribution in [-0.4, -0.2) is 9.55 Å². The molecule has 0 aliphatic carbocycles. The van der Waals surface area contributed by atoms with Gasteiger partial charge in [0.2, 0.25) is 0 Å². The number of rotatable bonds is 4. The van der Waals surface area contributed by atoms with Gasteiger partial charge in [-0.25, -0.2) is 4.79 Å². The van der Waals surface area contributed by atoms with Crippen molar-refractivity contribution >= 4 is 11.8 Å². The monoisotopic (exact) mass is 404 g/mol. The standard InChI is InChI=1S/C24H24N2O2S/c1-16(2)21-22(27)25-24(28)26(12-8-11-19-9-6-5-7-10-19)23(21)29-20-14-17(3)13-18(4)15-20/h5-7,9-10,13-16H,12H2,1-4H3,(H,25,27,28). The molecule has 0 unspecified atom stereocenters. The largest absolute Gasteiger partial charge is 0.330 e. The lowest BCUT2D eigenvalue weighted by atomic mass is 10.1. The predicted molar refractivity (Wildman–Crippen MR) is 119 cm³/mol. The third-order valence-electron chi connectivity index (χ3n) is 4.42. The minimum absolute atomic E-state index is 0.0268. The lowest BCUT2D eigenvalue weighted by Gasteiger charge is -2.16. The number of hydrogen-bond acceptors (Lipinski definition) is 3. The Balaban J connectivity index is 2.09. The van der Waals surface area contributed by atoms with Crippen LogP contribution in [0.2, 0.25) is 0 Å². The summed E-state index contributed by atoms with van der Waals surface area (Å²) in [5, 5.41) is 0.654. The molecular weight excluding hydrogens is 380 g/mol. The first kappa shape index (κ1) is 20.8. The fraction of sp³-hybridized carbons (Fsp3) is 0.250. The maximum atomic E-state index is 12.6. The van der Waals surface area contributed by atoms with Gasteiger partial charge < -0.3 is 0 Å². The molecule has 4 nitrogen and oxygen atoms in total. The van der Waals surface area contributed by atoms with Gasteiger partial charge in [0.05, 0.1) is 17.1 Å². The van der Waals surface area contributed by atoms with Crippen molar-refractivity contribution in [1.29, 1.82) is 0 Å². The Hall–Kier alpha value is -2.97.